The summed E-state index contributed by atoms with van der Waals surface area (Å²) in [5, 5.41) is 9.20. The molecule has 1 aromatic rings. The van der Waals surface area contributed by atoms with Crippen LogP contribution in [0.1, 0.15) is 32.8 Å². The molecule has 0 amide bonds. The molecule has 0 heterocycles. The van der Waals surface area contributed by atoms with Gasteiger partial charge in [0.25, 0.3) is 0 Å². The second-order valence-corrected chi connectivity index (χ2v) is 6.10. The number of rotatable bonds is 6. The number of hydrogen-bond donors (Lipinski definition) is 2. The lowest BCUT2D eigenvalue weighted by Gasteiger charge is -2.27. The number of hydrogen-bond acceptors (Lipinski definition) is 6. The first kappa shape index (κ1) is 18.6. The molecule has 0 radical (unpaired) electrons. The third kappa shape index (κ3) is 5.71. The number of benzene rings is 1. The normalized spacial score (nSPS) is 13.7. The maximum absolute atomic E-state index is 12.0. The van der Waals surface area contributed by atoms with Crippen LogP contribution in [-0.4, -0.2) is 34.2 Å². The van der Waals surface area contributed by atoms with E-state index in [4.69, 9.17) is 15.2 Å². The first-order valence-electron chi connectivity index (χ1n) is 7.00. The average Bonchev–Trinajstić information content (AvgIpc) is 2.44. The van der Waals surface area contributed by atoms with E-state index >= 15 is 0 Å². The summed E-state index contributed by atoms with van der Waals surface area (Å²) in [7, 11) is 0. The Morgan fingerprint density at radius 2 is 1.70 bits per heavy atom. The fraction of sp³-hybridized carbons (Fsp3) is 0.438. The smallest absolute Gasteiger partial charge is 0.338 e. The molecule has 0 spiro atoms. The molecule has 0 aromatic heterocycles. The molecule has 1 aromatic carbocycles. The monoisotopic (exact) mass is 323 g/mol. The first-order chi connectivity index (χ1) is 10.5. The highest BCUT2D eigenvalue weighted by molar-refractivity contribution is 6.06. The van der Waals surface area contributed by atoms with Gasteiger partial charge in [0.15, 0.2) is 0 Å². The van der Waals surface area contributed by atoms with Crippen LogP contribution in [0.15, 0.2) is 30.3 Å². The van der Waals surface area contributed by atoms with Gasteiger partial charge >= 0.3 is 17.9 Å². The number of carbonyl (C=O) groups is 3. The summed E-state index contributed by atoms with van der Waals surface area (Å²) in [6, 6.07) is 8.84. The Balaban J connectivity index is 2.73. The van der Waals surface area contributed by atoms with Crippen molar-refractivity contribution >= 4 is 17.9 Å². The minimum absolute atomic E-state index is 0.0380. The minimum Gasteiger partial charge on any atom is -0.479 e. The highest BCUT2D eigenvalue weighted by Gasteiger charge is 2.47. The number of carboxylic acid groups (broad SMARTS) is 1. The van der Waals surface area contributed by atoms with E-state index < -0.39 is 35.5 Å². The van der Waals surface area contributed by atoms with Gasteiger partial charge in [0.1, 0.15) is 12.2 Å². The Labute approximate surface area is 134 Å². The summed E-state index contributed by atoms with van der Waals surface area (Å²) in [4.78, 5) is 35.2. The maximum atomic E-state index is 12.0. The molecule has 0 saturated heterocycles. The summed E-state index contributed by atoms with van der Waals surface area (Å²) in [6.07, 6.45) is -0.815. The Morgan fingerprint density at radius 1 is 1.13 bits per heavy atom. The lowest BCUT2D eigenvalue weighted by Crippen LogP contribution is -2.58. The van der Waals surface area contributed by atoms with E-state index in [1.54, 1.807) is 45.0 Å². The number of nitrogens with two attached hydrogens (primary N) is 1. The van der Waals surface area contributed by atoms with E-state index in [-0.39, 0.29) is 6.61 Å². The summed E-state index contributed by atoms with van der Waals surface area (Å²) >= 11 is 0. The van der Waals surface area contributed by atoms with Gasteiger partial charge in [0.05, 0.1) is 6.42 Å². The zero-order chi connectivity index (χ0) is 17.7. The van der Waals surface area contributed by atoms with Crippen molar-refractivity contribution in [3.63, 3.8) is 0 Å². The highest BCUT2D eigenvalue weighted by atomic mass is 16.6. The molecule has 0 aliphatic carbocycles. The number of ether oxygens (including phenoxy) is 2. The quantitative estimate of drug-likeness (QED) is 0.597. The van der Waals surface area contributed by atoms with Crippen LogP contribution in [0.4, 0.5) is 0 Å². The summed E-state index contributed by atoms with van der Waals surface area (Å²) in [5.41, 5.74) is 2.91. The van der Waals surface area contributed by atoms with Gasteiger partial charge in [-0.2, -0.15) is 0 Å². The van der Waals surface area contributed by atoms with E-state index in [1.165, 1.54) is 0 Å². The van der Waals surface area contributed by atoms with Gasteiger partial charge in [-0.25, -0.2) is 9.59 Å². The zero-order valence-corrected chi connectivity index (χ0v) is 13.4. The number of carbonyl (C=O) groups excluding carboxylic acids is 2. The third-order valence-corrected chi connectivity index (χ3v) is 2.81. The molecule has 0 aliphatic heterocycles. The van der Waals surface area contributed by atoms with Crippen LogP contribution >= 0.6 is 0 Å². The van der Waals surface area contributed by atoms with E-state index in [0.717, 1.165) is 5.56 Å². The van der Waals surface area contributed by atoms with Crippen LogP contribution in [0.2, 0.25) is 0 Å². The van der Waals surface area contributed by atoms with Gasteiger partial charge in [-0.05, 0) is 26.3 Å². The second kappa shape index (κ2) is 7.23. The van der Waals surface area contributed by atoms with Gasteiger partial charge < -0.3 is 20.3 Å². The summed E-state index contributed by atoms with van der Waals surface area (Å²) < 4.78 is 9.94. The molecule has 0 fully saturated rings. The molecule has 23 heavy (non-hydrogen) atoms. The number of aliphatic carboxylic acids is 1. The summed E-state index contributed by atoms with van der Waals surface area (Å²) in [6.45, 7) is 4.67. The molecule has 0 bridgehead atoms. The van der Waals surface area contributed by atoms with E-state index in [2.05, 4.69) is 0 Å². The van der Waals surface area contributed by atoms with Gasteiger partial charge in [-0.15, -0.1) is 0 Å². The van der Waals surface area contributed by atoms with E-state index in [0.29, 0.717) is 0 Å². The fourth-order valence-corrected chi connectivity index (χ4v) is 1.62. The van der Waals surface area contributed by atoms with Gasteiger partial charge in [0, 0.05) is 0 Å². The van der Waals surface area contributed by atoms with Crippen molar-refractivity contribution in [3.05, 3.63) is 35.9 Å². The van der Waals surface area contributed by atoms with Crippen LogP contribution in [0.3, 0.4) is 0 Å². The van der Waals surface area contributed by atoms with Gasteiger partial charge in [0.2, 0.25) is 5.54 Å². The lowest BCUT2D eigenvalue weighted by atomic mass is 9.96. The van der Waals surface area contributed by atoms with Crippen molar-refractivity contribution < 1.29 is 29.0 Å². The topological polar surface area (TPSA) is 116 Å². The van der Waals surface area contributed by atoms with Crippen LogP contribution in [0.25, 0.3) is 0 Å². The Hall–Kier alpha value is -2.41. The number of carboxylic acids is 1. The Morgan fingerprint density at radius 3 is 2.17 bits per heavy atom. The molecule has 126 valence electrons. The average molecular weight is 323 g/mol. The van der Waals surface area contributed by atoms with Crippen molar-refractivity contribution in [2.24, 2.45) is 5.73 Å². The minimum atomic E-state index is -2.49. The van der Waals surface area contributed by atoms with Crippen molar-refractivity contribution in [1.29, 1.82) is 0 Å². The predicted molar refractivity (Wildman–Crippen MR) is 81.3 cm³/mol. The van der Waals surface area contributed by atoms with E-state index in [1.807, 2.05) is 6.07 Å². The third-order valence-electron chi connectivity index (χ3n) is 2.81. The molecule has 1 rings (SSSR count). The lowest BCUT2D eigenvalue weighted by molar-refractivity contribution is -0.173. The zero-order valence-electron chi connectivity index (χ0n) is 13.4. The molecule has 1 atom stereocenters. The number of esters is 2. The Kier molecular flexibility index (Phi) is 5.86. The van der Waals surface area contributed by atoms with Crippen LogP contribution in [0.5, 0.6) is 0 Å². The van der Waals surface area contributed by atoms with Crippen molar-refractivity contribution in [3.8, 4) is 0 Å². The molecule has 0 saturated carbocycles. The molecule has 7 nitrogen and oxygen atoms in total. The van der Waals surface area contributed by atoms with Crippen LogP contribution in [-0.2, 0) is 30.5 Å². The maximum Gasteiger partial charge on any atom is 0.338 e. The van der Waals surface area contributed by atoms with E-state index in [9.17, 15) is 19.5 Å². The van der Waals surface area contributed by atoms with Gasteiger partial charge in [-0.1, -0.05) is 30.3 Å². The van der Waals surface area contributed by atoms with Gasteiger partial charge in [-0.3, -0.25) is 4.79 Å². The summed E-state index contributed by atoms with van der Waals surface area (Å²) in [5.74, 6) is -3.73. The molecular weight excluding hydrogens is 302 g/mol. The standard InChI is InChI=1S/C16H21NO6/c1-15(2,3)23-14(21)16(17,13(19)20)9-12(18)22-10-11-7-5-4-6-8-11/h4-8H,9-10,17H2,1-3H3,(H,19,20)/t16-/m0/s1. The second-order valence-electron chi connectivity index (χ2n) is 6.10. The predicted octanol–water partition coefficient (Wildman–Crippen LogP) is 1.24. The van der Waals surface area contributed by atoms with Crippen molar-refractivity contribution in [2.75, 3.05) is 0 Å². The SMILES string of the molecule is CC(C)(C)OC(=O)[C@](N)(CC(=O)OCc1ccccc1)C(=O)O. The fourth-order valence-electron chi connectivity index (χ4n) is 1.62. The first-order valence-corrected chi connectivity index (χ1v) is 7.00. The molecular formula is C16H21NO6. The van der Waals surface area contributed by atoms with Crippen molar-refractivity contribution in [1.82, 2.24) is 0 Å². The van der Waals surface area contributed by atoms with Crippen molar-refractivity contribution in [2.45, 2.75) is 44.9 Å². The largest absolute Gasteiger partial charge is 0.479 e. The highest BCUT2D eigenvalue weighted by Crippen LogP contribution is 2.17. The molecule has 7 heteroatoms. The van der Waals surface area contributed by atoms with Crippen LogP contribution < -0.4 is 5.73 Å². The molecule has 0 unspecified atom stereocenters. The molecule has 0 aliphatic rings. The Bertz CT molecular complexity index is 578. The van der Waals surface area contributed by atoms with Crippen LogP contribution in [0, 0.1) is 0 Å². The molecule has 3 N–H and O–H groups in total.